The minimum absolute atomic E-state index is 0.0443. The van der Waals surface area contributed by atoms with Crippen LogP contribution in [0, 0.1) is 0 Å². The second-order valence-corrected chi connectivity index (χ2v) is 7.91. The lowest BCUT2D eigenvalue weighted by Crippen LogP contribution is -2.19. The van der Waals surface area contributed by atoms with Gasteiger partial charge in [0.05, 0.1) is 0 Å². The van der Waals surface area contributed by atoms with Gasteiger partial charge in [-0.25, -0.2) is 0 Å². The van der Waals surface area contributed by atoms with Gasteiger partial charge in [-0.05, 0) is 25.7 Å². The molecule has 0 saturated carbocycles. The first-order chi connectivity index (χ1) is 12.8. The van der Waals surface area contributed by atoms with Crippen molar-refractivity contribution in [3.63, 3.8) is 0 Å². The maximum atomic E-state index is 6.05. The highest BCUT2D eigenvalue weighted by atomic mass is 16.7. The highest BCUT2D eigenvalue weighted by Crippen LogP contribution is 2.14. The lowest BCUT2D eigenvalue weighted by Gasteiger charge is -2.19. The third-order valence-corrected chi connectivity index (χ3v) is 5.15. The van der Waals surface area contributed by atoms with E-state index in [9.17, 15) is 0 Å². The van der Waals surface area contributed by atoms with Crippen LogP contribution in [0.4, 0.5) is 0 Å². The van der Waals surface area contributed by atoms with Crippen molar-refractivity contribution in [3.05, 3.63) is 0 Å². The van der Waals surface area contributed by atoms with Gasteiger partial charge in [-0.15, -0.1) is 0 Å². The van der Waals surface area contributed by atoms with E-state index in [0.717, 1.165) is 19.6 Å². The number of ether oxygens (including phenoxy) is 2. The van der Waals surface area contributed by atoms with E-state index >= 15 is 0 Å². The topological polar surface area (TPSA) is 18.5 Å². The van der Waals surface area contributed by atoms with E-state index in [1.54, 1.807) is 0 Å². The SMILES string of the molecule is CCCCCCCCCCCC(OCCCCCC)OCCCCCC. The molecule has 0 spiro atoms. The maximum absolute atomic E-state index is 6.05. The quantitative estimate of drug-likeness (QED) is 0.141. The first-order valence-electron chi connectivity index (χ1n) is 12.1. The van der Waals surface area contributed by atoms with E-state index in [1.165, 1.54) is 109 Å². The summed E-state index contributed by atoms with van der Waals surface area (Å²) in [4.78, 5) is 0. The van der Waals surface area contributed by atoms with Gasteiger partial charge in [0, 0.05) is 13.2 Å². The highest BCUT2D eigenvalue weighted by molar-refractivity contribution is 4.52. The lowest BCUT2D eigenvalue weighted by atomic mass is 10.1. The van der Waals surface area contributed by atoms with Crippen LogP contribution in [0.1, 0.15) is 136 Å². The van der Waals surface area contributed by atoms with Gasteiger partial charge in [-0.3, -0.25) is 0 Å². The lowest BCUT2D eigenvalue weighted by molar-refractivity contribution is -0.148. The van der Waals surface area contributed by atoms with Crippen LogP contribution in [-0.2, 0) is 9.47 Å². The summed E-state index contributed by atoms with van der Waals surface area (Å²) in [6.45, 7) is 8.54. The molecule has 2 heteroatoms. The Hall–Kier alpha value is -0.0800. The first kappa shape index (κ1) is 25.9. The van der Waals surface area contributed by atoms with Gasteiger partial charge in [0.25, 0.3) is 0 Å². The Morgan fingerprint density at radius 2 is 0.769 bits per heavy atom. The van der Waals surface area contributed by atoms with Crippen molar-refractivity contribution < 1.29 is 9.47 Å². The molecule has 2 nitrogen and oxygen atoms in total. The molecule has 0 fully saturated rings. The molecule has 0 saturated heterocycles. The Morgan fingerprint density at radius 3 is 1.19 bits per heavy atom. The zero-order chi connectivity index (χ0) is 19.1. The molecule has 0 amide bonds. The summed E-state index contributed by atoms with van der Waals surface area (Å²) >= 11 is 0. The summed E-state index contributed by atoms with van der Waals surface area (Å²) in [7, 11) is 0. The van der Waals surface area contributed by atoms with Crippen LogP contribution in [-0.4, -0.2) is 19.5 Å². The Balaban J connectivity index is 3.70. The normalized spacial score (nSPS) is 11.5. The van der Waals surface area contributed by atoms with Crippen LogP contribution >= 0.6 is 0 Å². The first-order valence-corrected chi connectivity index (χ1v) is 12.1. The fourth-order valence-electron chi connectivity index (χ4n) is 3.32. The number of unbranched alkanes of at least 4 members (excludes halogenated alkanes) is 14. The van der Waals surface area contributed by atoms with Gasteiger partial charge in [0.1, 0.15) is 0 Å². The van der Waals surface area contributed by atoms with E-state index in [0.29, 0.717) is 0 Å². The van der Waals surface area contributed by atoms with Gasteiger partial charge in [0.15, 0.2) is 6.29 Å². The van der Waals surface area contributed by atoms with Crippen molar-refractivity contribution >= 4 is 0 Å². The van der Waals surface area contributed by atoms with E-state index < -0.39 is 0 Å². The van der Waals surface area contributed by atoms with Crippen LogP contribution in [0.2, 0.25) is 0 Å². The van der Waals surface area contributed by atoms with E-state index in [4.69, 9.17) is 9.47 Å². The standard InChI is InChI=1S/C24H50O2/c1-4-7-10-13-14-15-16-17-18-21-24(25-22-19-11-8-5-2)26-23-20-12-9-6-3/h24H,4-23H2,1-3H3. The summed E-state index contributed by atoms with van der Waals surface area (Å²) in [5.74, 6) is 0. The molecule has 158 valence electrons. The smallest absolute Gasteiger partial charge is 0.157 e. The van der Waals surface area contributed by atoms with E-state index in [-0.39, 0.29) is 6.29 Å². The molecule has 0 aliphatic carbocycles. The minimum atomic E-state index is 0.0443. The van der Waals surface area contributed by atoms with Gasteiger partial charge in [-0.1, -0.05) is 111 Å². The molecule has 26 heavy (non-hydrogen) atoms. The molecule has 0 aliphatic heterocycles. The van der Waals surface area contributed by atoms with Gasteiger partial charge < -0.3 is 9.47 Å². The molecule has 0 aromatic rings. The Kier molecular flexibility index (Phi) is 22.9. The average molecular weight is 371 g/mol. The number of hydrogen-bond donors (Lipinski definition) is 0. The summed E-state index contributed by atoms with van der Waals surface area (Å²) in [6, 6.07) is 0. The molecule has 0 aromatic heterocycles. The highest BCUT2D eigenvalue weighted by Gasteiger charge is 2.09. The molecule has 0 atom stereocenters. The molecule has 0 N–H and O–H groups in total. The zero-order valence-electron chi connectivity index (χ0n) is 18.5. The Bertz CT molecular complexity index is 228. The Labute approximate surface area is 165 Å². The molecule has 0 aromatic carbocycles. The average Bonchev–Trinajstić information content (AvgIpc) is 2.65. The van der Waals surface area contributed by atoms with Crippen molar-refractivity contribution in [2.24, 2.45) is 0 Å². The van der Waals surface area contributed by atoms with E-state index in [2.05, 4.69) is 20.8 Å². The van der Waals surface area contributed by atoms with Crippen molar-refractivity contribution in [1.29, 1.82) is 0 Å². The van der Waals surface area contributed by atoms with Crippen LogP contribution in [0.3, 0.4) is 0 Å². The van der Waals surface area contributed by atoms with Crippen LogP contribution in [0.25, 0.3) is 0 Å². The molecular weight excluding hydrogens is 320 g/mol. The summed E-state index contributed by atoms with van der Waals surface area (Å²) in [6.07, 6.45) is 23.7. The molecule has 0 rings (SSSR count). The second kappa shape index (κ2) is 23.0. The van der Waals surface area contributed by atoms with Crippen LogP contribution in [0.15, 0.2) is 0 Å². The molecule has 0 heterocycles. The number of hydrogen-bond acceptors (Lipinski definition) is 2. The summed E-state index contributed by atoms with van der Waals surface area (Å²) in [5.41, 5.74) is 0. The van der Waals surface area contributed by atoms with Crippen LogP contribution in [0.5, 0.6) is 0 Å². The largest absolute Gasteiger partial charge is 0.353 e. The van der Waals surface area contributed by atoms with Crippen molar-refractivity contribution in [2.75, 3.05) is 13.2 Å². The molecule has 0 radical (unpaired) electrons. The summed E-state index contributed by atoms with van der Waals surface area (Å²) < 4.78 is 12.1. The fourth-order valence-corrected chi connectivity index (χ4v) is 3.32. The van der Waals surface area contributed by atoms with Gasteiger partial charge in [0.2, 0.25) is 0 Å². The minimum Gasteiger partial charge on any atom is -0.353 e. The van der Waals surface area contributed by atoms with Crippen molar-refractivity contribution in [1.82, 2.24) is 0 Å². The predicted molar refractivity (Wildman–Crippen MR) is 116 cm³/mol. The maximum Gasteiger partial charge on any atom is 0.157 e. The van der Waals surface area contributed by atoms with Crippen LogP contribution < -0.4 is 0 Å². The van der Waals surface area contributed by atoms with E-state index in [1.807, 2.05) is 0 Å². The molecule has 0 bridgehead atoms. The predicted octanol–water partition coefficient (Wildman–Crippen LogP) is 8.43. The zero-order valence-corrected chi connectivity index (χ0v) is 18.5. The fraction of sp³-hybridized carbons (Fsp3) is 1.00. The number of rotatable bonds is 22. The van der Waals surface area contributed by atoms with Crippen molar-refractivity contribution in [3.8, 4) is 0 Å². The monoisotopic (exact) mass is 370 g/mol. The second-order valence-electron chi connectivity index (χ2n) is 7.91. The molecule has 0 aliphatic rings. The van der Waals surface area contributed by atoms with Gasteiger partial charge in [-0.2, -0.15) is 0 Å². The Morgan fingerprint density at radius 1 is 0.423 bits per heavy atom. The molecular formula is C24H50O2. The van der Waals surface area contributed by atoms with Crippen molar-refractivity contribution in [2.45, 2.75) is 143 Å². The van der Waals surface area contributed by atoms with Gasteiger partial charge >= 0.3 is 0 Å². The molecule has 0 unspecified atom stereocenters. The summed E-state index contributed by atoms with van der Waals surface area (Å²) in [5, 5.41) is 0. The third kappa shape index (κ3) is 20.2. The third-order valence-electron chi connectivity index (χ3n) is 5.15.